The van der Waals surface area contributed by atoms with E-state index in [4.69, 9.17) is 9.47 Å². The van der Waals surface area contributed by atoms with Crippen molar-refractivity contribution in [3.05, 3.63) is 198 Å². The van der Waals surface area contributed by atoms with Crippen LogP contribution in [0.5, 0.6) is 23.0 Å². The van der Waals surface area contributed by atoms with E-state index < -0.39 is 5.41 Å². The van der Waals surface area contributed by atoms with E-state index in [0.29, 0.717) is 11.5 Å². The van der Waals surface area contributed by atoms with E-state index in [9.17, 15) is 0 Å². The van der Waals surface area contributed by atoms with Crippen LogP contribution in [0.2, 0.25) is 0 Å². The van der Waals surface area contributed by atoms with Gasteiger partial charge in [0.05, 0.1) is 11.1 Å². The summed E-state index contributed by atoms with van der Waals surface area (Å²) in [6.07, 6.45) is 0. The minimum atomic E-state index is -0.449. The van der Waals surface area contributed by atoms with Crippen molar-refractivity contribution < 1.29 is 9.47 Å². The lowest BCUT2D eigenvalue weighted by Crippen LogP contribution is -2.25. The highest BCUT2D eigenvalue weighted by molar-refractivity contribution is 7.25. The molecule has 8 aromatic carbocycles. The topological polar surface area (TPSA) is 21.7 Å². The lowest BCUT2D eigenvalue weighted by atomic mass is 9.70. The molecule has 1 aliphatic heterocycles. The Bertz CT molecular complexity index is 2930. The first kappa shape index (κ1) is 29.0. The average Bonchev–Trinajstić information content (AvgIpc) is 3.83. The third kappa shape index (κ3) is 3.93. The van der Waals surface area contributed by atoms with Gasteiger partial charge in [0.15, 0.2) is 23.0 Å². The maximum Gasteiger partial charge on any atom is 0.172 e. The molecule has 12 rings (SSSR count). The Kier molecular flexibility index (Phi) is 5.86. The van der Waals surface area contributed by atoms with E-state index in [1.807, 2.05) is 17.4 Å². The fraction of sp³-hybridized carbons (Fsp3) is 0.0204. The van der Waals surface area contributed by atoms with Gasteiger partial charge in [-0.3, -0.25) is 0 Å². The Balaban J connectivity index is 1.01. The summed E-state index contributed by atoms with van der Waals surface area (Å²) >= 11 is 1.83. The van der Waals surface area contributed by atoms with E-state index in [1.54, 1.807) is 0 Å². The van der Waals surface area contributed by atoms with Crippen LogP contribution in [0.3, 0.4) is 0 Å². The van der Waals surface area contributed by atoms with Crippen molar-refractivity contribution in [1.29, 1.82) is 0 Å². The number of nitrogens with zero attached hydrogens (tertiary/aromatic N) is 1. The Morgan fingerprint density at radius 1 is 0.358 bits per heavy atom. The van der Waals surface area contributed by atoms with Gasteiger partial charge in [-0.05, 0) is 99.1 Å². The molecule has 53 heavy (non-hydrogen) atoms. The highest BCUT2D eigenvalue weighted by Gasteiger charge is 2.52. The molecule has 3 nitrogen and oxygen atoms in total. The van der Waals surface area contributed by atoms with Gasteiger partial charge in [-0.2, -0.15) is 0 Å². The molecule has 9 aromatic rings. The summed E-state index contributed by atoms with van der Waals surface area (Å²) < 4.78 is 16.2. The third-order valence-electron chi connectivity index (χ3n) is 11.3. The zero-order chi connectivity index (χ0) is 34.7. The molecule has 3 aliphatic rings. The van der Waals surface area contributed by atoms with Crippen molar-refractivity contribution in [1.82, 2.24) is 0 Å². The van der Waals surface area contributed by atoms with Gasteiger partial charge in [0, 0.05) is 37.6 Å². The summed E-state index contributed by atoms with van der Waals surface area (Å²) in [5.41, 5.74) is 12.8. The second-order valence-corrected chi connectivity index (χ2v) is 15.1. The van der Waals surface area contributed by atoms with E-state index in [0.717, 1.165) is 28.6 Å². The second kappa shape index (κ2) is 10.7. The summed E-state index contributed by atoms with van der Waals surface area (Å²) in [6, 6.07) is 63.2. The average molecular weight is 696 g/mol. The van der Waals surface area contributed by atoms with Crippen molar-refractivity contribution >= 4 is 48.6 Å². The molecule has 0 atom stereocenters. The van der Waals surface area contributed by atoms with Crippen LogP contribution in [0.15, 0.2) is 176 Å². The highest BCUT2D eigenvalue weighted by Crippen LogP contribution is 2.64. The van der Waals surface area contributed by atoms with Crippen LogP contribution < -0.4 is 14.4 Å². The molecule has 0 N–H and O–H groups in total. The van der Waals surface area contributed by atoms with Crippen molar-refractivity contribution in [2.24, 2.45) is 0 Å². The molecule has 0 radical (unpaired) electrons. The minimum Gasteiger partial charge on any atom is -0.449 e. The predicted octanol–water partition coefficient (Wildman–Crippen LogP) is 13.8. The van der Waals surface area contributed by atoms with Crippen LogP contribution in [-0.4, -0.2) is 0 Å². The van der Waals surface area contributed by atoms with Crippen LogP contribution in [0, 0.1) is 0 Å². The molecule has 248 valence electrons. The van der Waals surface area contributed by atoms with Gasteiger partial charge in [-0.15, -0.1) is 11.3 Å². The van der Waals surface area contributed by atoms with Gasteiger partial charge in [-0.25, -0.2) is 0 Å². The fourth-order valence-corrected chi connectivity index (χ4v) is 10.3. The second-order valence-electron chi connectivity index (χ2n) is 14.0. The summed E-state index contributed by atoms with van der Waals surface area (Å²) in [5, 5.41) is 2.57. The Morgan fingerprint density at radius 3 is 1.66 bits per heavy atom. The zero-order valence-corrected chi connectivity index (χ0v) is 29.2. The molecule has 0 saturated heterocycles. The number of anilines is 3. The number of hydrogen-bond acceptors (Lipinski definition) is 4. The number of rotatable bonds is 3. The molecule has 0 amide bonds. The smallest absolute Gasteiger partial charge is 0.172 e. The van der Waals surface area contributed by atoms with Gasteiger partial charge in [0.25, 0.3) is 0 Å². The normalized spacial score (nSPS) is 13.7. The van der Waals surface area contributed by atoms with Crippen LogP contribution in [-0.2, 0) is 5.41 Å². The summed E-state index contributed by atoms with van der Waals surface area (Å²) in [7, 11) is 0. The van der Waals surface area contributed by atoms with Gasteiger partial charge in [-0.1, -0.05) is 115 Å². The predicted molar refractivity (Wildman–Crippen MR) is 217 cm³/mol. The number of ether oxygens (including phenoxy) is 2. The van der Waals surface area contributed by atoms with Crippen molar-refractivity contribution in [2.45, 2.75) is 5.41 Å². The van der Waals surface area contributed by atoms with E-state index in [1.165, 1.54) is 64.7 Å². The van der Waals surface area contributed by atoms with Crippen molar-refractivity contribution in [3.8, 4) is 45.3 Å². The first-order chi connectivity index (χ1) is 26.3. The Hall–Kier alpha value is -6.62. The molecule has 2 heterocycles. The van der Waals surface area contributed by atoms with Crippen molar-refractivity contribution in [2.75, 3.05) is 4.90 Å². The highest BCUT2D eigenvalue weighted by atomic mass is 32.1. The number of thiophene rings is 1. The van der Waals surface area contributed by atoms with Crippen LogP contribution in [0.25, 0.3) is 42.4 Å². The monoisotopic (exact) mass is 695 g/mol. The lowest BCUT2D eigenvalue weighted by molar-refractivity contribution is 0.359. The third-order valence-corrected chi connectivity index (χ3v) is 12.5. The summed E-state index contributed by atoms with van der Waals surface area (Å²) in [4.78, 5) is 2.30. The Morgan fingerprint density at radius 2 is 0.906 bits per heavy atom. The fourth-order valence-electron chi connectivity index (χ4n) is 9.17. The van der Waals surface area contributed by atoms with E-state index in [2.05, 4.69) is 175 Å². The molecular weight excluding hydrogens is 667 g/mol. The first-order valence-corrected chi connectivity index (χ1v) is 18.8. The molecule has 0 unspecified atom stereocenters. The van der Waals surface area contributed by atoms with Gasteiger partial charge in [0.1, 0.15) is 0 Å². The van der Waals surface area contributed by atoms with Crippen LogP contribution in [0.1, 0.15) is 22.3 Å². The summed E-state index contributed by atoms with van der Waals surface area (Å²) in [5.74, 6) is 2.84. The van der Waals surface area contributed by atoms with Crippen LogP contribution >= 0.6 is 11.3 Å². The number of benzene rings is 8. The summed E-state index contributed by atoms with van der Waals surface area (Å²) in [6.45, 7) is 0. The molecule has 2 aliphatic carbocycles. The molecule has 0 bridgehead atoms. The maximum atomic E-state index is 6.90. The SMILES string of the molecule is c1ccc(N(c2ccc3c(c2)Oc2cc4c(cc2O3)-c2ccccc2C42c3ccccc3-c3ccccc32)c2ccc3c(c2)sc2ccccc23)cc1. The molecule has 1 spiro atoms. The standard InChI is InChI=1S/C49H29NO2S/c1-2-12-30(13-3-1)50(32-22-24-37-36-17-7-11-21-47(36)53-48(37)27-32)31-23-25-43-44(26-31)52-46-29-42-38(28-45(46)51-43)35-16-6-10-20-41(35)49(42)39-18-8-4-14-33(39)34-15-5-9-19-40(34)49/h1-29H. The van der Waals surface area contributed by atoms with Gasteiger partial charge in [0.2, 0.25) is 0 Å². The quantitative estimate of drug-likeness (QED) is 0.184. The van der Waals surface area contributed by atoms with E-state index >= 15 is 0 Å². The molecular formula is C49H29NO2S. The zero-order valence-electron chi connectivity index (χ0n) is 28.4. The van der Waals surface area contributed by atoms with E-state index in [-0.39, 0.29) is 0 Å². The largest absolute Gasteiger partial charge is 0.449 e. The number of para-hydroxylation sites is 1. The van der Waals surface area contributed by atoms with Crippen molar-refractivity contribution in [3.63, 3.8) is 0 Å². The van der Waals surface area contributed by atoms with Gasteiger partial charge >= 0.3 is 0 Å². The maximum absolute atomic E-state index is 6.90. The van der Waals surface area contributed by atoms with Gasteiger partial charge < -0.3 is 14.4 Å². The first-order valence-electron chi connectivity index (χ1n) is 18.0. The van der Waals surface area contributed by atoms with Crippen LogP contribution in [0.4, 0.5) is 17.1 Å². The molecule has 4 heteroatoms. The number of fused-ring (bicyclic) bond motifs is 15. The number of hydrogen-bond donors (Lipinski definition) is 0. The Labute approximate surface area is 310 Å². The molecule has 1 aromatic heterocycles. The molecule has 0 fully saturated rings. The molecule has 0 saturated carbocycles. The lowest BCUT2D eigenvalue weighted by Gasteiger charge is -2.31. The minimum absolute atomic E-state index is 0.449.